The Morgan fingerprint density at radius 3 is 2.71 bits per heavy atom. The number of nitrogens with zero attached hydrogens (tertiary/aromatic N) is 1. The molecule has 0 spiro atoms. The van der Waals surface area contributed by atoms with Crippen molar-refractivity contribution in [3.63, 3.8) is 0 Å². The fourth-order valence-corrected chi connectivity index (χ4v) is 3.04. The molecule has 0 aliphatic carbocycles. The lowest BCUT2D eigenvalue weighted by Crippen LogP contribution is -2.46. The number of likely N-dealkylation sites (N-methyl/N-ethyl adjacent to an activating group) is 1. The molecule has 0 saturated carbocycles. The first-order valence-electron chi connectivity index (χ1n) is 6.83. The summed E-state index contributed by atoms with van der Waals surface area (Å²) in [7, 11) is 1.95. The molecular formula is C14H18Cl3N3O. The summed E-state index contributed by atoms with van der Waals surface area (Å²) in [5.74, 6) is -0.105. The van der Waals surface area contributed by atoms with Gasteiger partial charge in [-0.2, -0.15) is 0 Å². The van der Waals surface area contributed by atoms with Gasteiger partial charge in [0.25, 0.3) is 0 Å². The summed E-state index contributed by atoms with van der Waals surface area (Å²) in [4.78, 5) is 14.2. The van der Waals surface area contributed by atoms with Crippen molar-refractivity contribution in [3.8, 4) is 0 Å². The van der Waals surface area contributed by atoms with Crippen LogP contribution in [0.4, 0.5) is 5.69 Å². The van der Waals surface area contributed by atoms with Gasteiger partial charge in [-0.15, -0.1) is 0 Å². The molecule has 0 bridgehead atoms. The van der Waals surface area contributed by atoms with Crippen molar-refractivity contribution in [1.82, 2.24) is 10.2 Å². The maximum Gasteiger partial charge on any atom is 0.238 e. The normalized spacial score (nSPS) is 19.5. The standard InChI is InChI=1S/C14H18Cl3N3O/c1-18-9-3-2-4-20(7-9)8-14(21)19-13-6-11(16)10(15)5-12(13)17/h5-6,9,18H,2-4,7-8H2,1H3,(H,19,21). The van der Waals surface area contributed by atoms with Crippen molar-refractivity contribution < 1.29 is 4.79 Å². The monoisotopic (exact) mass is 349 g/mol. The second kappa shape index (κ2) is 7.65. The summed E-state index contributed by atoms with van der Waals surface area (Å²) in [5.41, 5.74) is 0.484. The number of anilines is 1. The maximum absolute atomic E-state index is 12.1. The number of carbonyl (C=O) groups excluding carboxylic acids is 1. The number of benzene rings is 1. The highest BCUT2D eigenvalue weighted by molar-refractivity contribution is 6.44. The Morgan fingerprint density at radius 2 is 2.00 bits per heavy atom. The number of likely N-dealkylation sites (tertiary alicyclic amines) is 1. The zero-order chi connectivity index (χ0) is 15.4. The molecule has 1 aromatic carbocycles. The topological polar surface area (TPSA) is 44.4 Å². The molecule has 1 unspecified atom stereocenters. The molecule has 1 heterocycles. The number of hydrogen-bond donors (Lipinski definition) is 2. The third-order valence-electron chi connectivity index (χ3n) is 3.57. The molecule has 0 aromatic heterocycles. The summed E-state index contributed by atoms with van der Waals surface area (Å²) in [6.45, 7) is 2.15. The largest absolute Gasteiger partial charge is 0.324 e. The number of halogens is 3. The Bertz CT molecular complexity index is 524. The van der Waals surface area contributed by atoms with E-state index in [1.807, 2.05) is 7.05 Å². The number of piperidine rings is 1. The van der Waals surface area contributed by atoms with E-state index >= 15 is 0 Å². The SMILES string of the molecule is CNC1CCCN(CC(=O)Nc2cc(Cl)c(Cl)cc2Cl)C1. The van der Waals surface area contributed by atoms with Crippen LogP contribution in [0.1, 0.15) is 12.8 Å². The zero-order valence-electron chi connectivity index (χ0n) is 11.8. The second-order valence-electron chi connectivity index (χ2n) is 5.16. The lowest BCUT2D eigenvalue weighted by atomic mass is 10.1. The fraction of sp³-hybridized carbons (Fsp3) is 0.500. The molecule has 2 rings (SSSR count). The number of amides is 1. The molecule has 1 aromatic rings. The summed E-state index contributed by atoms with van der Waals surface area (Å²) < 4.78 is 0. The predicted octanol–water partition coefficient (Wildman–Crippen LogP) is 3.27. The molecule has 7 heteroatoms. The van der Waals surface area contributed by atoms with Gasteiger partial charge in [-0.05, 0) is 38.6 Å². The minimum atomic E-state index is -0.105. The van der Waals surface area contributed by atoms with Crippen LogP contribution in [0.15, 0.2) is 12.1 Å². The molecule has 0 radical (unpaired) electrons. The van der Waals surface area contributed by atoms with Crippen molar-refractivity contribution in [3.05, 3.63) is 27.2 Å². The summed E-state index contributed by atoms with van der Waals surface area (Å²) in [6, 6.07) is 3.54. The van der Waals surface area contributed by atoms with Crippen LogP contribution in [-0.2, 0) is 4.79 Å². The molecular weight excluding hydrogens is 333 g/mol. The van der Waals surface area contributed by atoms with Crippen LogP contribution >= 0.6 is 34.8 Å². The molecule has 1 amide bonds. The zero-order valence-corrected chi connectivity index (χ0v) is 14.0. The van der Waals surface area contributed by atoms with Gasteiger partial charge in [-0.25, -0.2) is 0 Å². The third-order valence-corrected chi connectivity index (χ3v) is 4.60. The molecule has 1 fully saturated rings. The van der Waals surface area contributed by atoms with Crippen molar-refractivity contribution in [2.24, 2.45) is 0 Å². The van der Waals surface area contributed by atoms with E-state index < -0.39 is 0 Å². The Kier molecular flexibility index (Phi) is 6.14. The minimum Gasteiger partial charge on any atom is -0.324 e. The minimum absolute atomic E-state index is 0.105. The molecule has 116 valence electrons. The van der Waals surface area contributed by atoms with Crippen LogP contribution in [0.3, 0.4) is 0 Å². The van der Waals surface area contributed by atoms with E-state index in [2.05, 4.69) is 15.5 Å². The summed E-state index contributed by atoms with van der Waals surface area (Å²) >= 11 is 17.9. The Hall–Kier alpha value is -0.520. The van der Waals surface area contributed by atoms with Gasteiger partial charge < -0.3 is 10.6 Å². The molecule has 1 aliphatic rings. The van der Waals surface area contributed by atoms with Gasteiger partial charge in [-0.3, -0.25) is 9.69 Å². The van der Waals surface area contributed by atoms with Crippen molar-refractivity contribution >= 4 is 46.4 Å². The van der Waals surface area contributed by atoms with E-state index in [1.54, 1.807) is 6.07 Å². The average molecular weight is 351 g/mol. The van der Waals surface area contributed by atoms with E-state index in [-0.39, 0.29) is 5.91 Å². The quantitative estimate of drug-likeness (QED) is 0.819. The number of rotatable bonds is 4. The molecule has 4 nitrogen and oxygen atoms in total. The van der Waals surface area contributed by atoms with Gasteiger partial charge in [0.1, 0.15) is 0 Å². The van der Waals surface area contributed by atoms with Crippen LogP contribution < -0.4 is 10.6 Å². The van der Waals surface area contributed by atoms with Gasteiger partial charge in [0.05, 0.1) is 27.3 Å². The van der Waals surface area contributed by atoms with Crippen molar-refractivity contribution in [2.75, 3.05) is 32.0 Å². The summed E-state index contributed by atoms with van der Waals surface area (Å²) in [5, 5.41) is 7.15. The lowest BCUT2D eigenvalue weighted by molar-refractivity contribution is -0.117. The Labute approximate surface area is 139 Å². The first-order chi connectivity index (χ1) is 9.99. The fourth-order valence-electron chi connectivity index (χ4n) is 2.45. The highest BCUT2D eigenvalue weighted by Crippen LogP contribution is 2.32. The maximum atomic E-state index is 12.1. The van der Waals surface area contributed by atoms with Crippen molar-refractivity contribution in [1.29, 1.82) is 0 Å². The second-order valence-corrected chi connectivity index (χ2v) is 6.38. The van der Waals surface area contributed by atoms with Crippen LogP contribution in [-0.4, -0.2) is 43.5 Å². The van der Waals surface area contributed by atoms with E-state index in [0.717, 1.165) is 25.9 Å². The average Bonchev–Trinajstić information content (AvgIpc) is 2.45. The lowest BCUT2D eigenvalue weighted by Gasteiger charge is -2.31. The van der Waals surface area contributed by atoms with Gasteiger partial charge in [0.15, 0.2) is 0 Å². The Morgan fingerprint density at radius 1 is 1.29 bits per heavy atom. The molecule has 1 aliphatic heterocycles. The van der Waals surface area contributed by atoms with Gasteiger partial charge >= 0.3 is 0 Å². The number of nitrogens with one attached hydrogen (secondary N) is 2. The van der Waals surface area contributed by atoms with Gasteiger partial charge in [0, 0.05) is 12.6 Å². The van der Waals surface area contributed by atoms with E-state index in [1.165, 1.54) is 6.07 Å². The summed E-state index contributed by atoms with van der Waals surface area (Å²) in [6.07, 6.45) is 2.24. The Balaban J connectivity index is 1.94. The molecule has 2 N–H and O–H groups in total. The van der Waals surface area contributed by atoms with Gasteiger partial charge in [-0.1, -0.05) is 34.8 Å². The predicted molar refractivity (Wildman–Crippen MR) is 88.6 cm³/mol. The third kappa shape index (κ3) is 4.73. The first kappa shape index (κ1) is 16.8. The molecule has 1 atom stereocenters. The first-order valence-corrected chi connectivity index (χ1v) is 7.97. The van der Waals surface area contributed by atoms with E-state index in [9.17, 15) is 4.79 Å². The van der Waals surface area contributed by atoms with Crippen molar-refractivity contribution in [2.45, 2.75) is 18.9 Å². The van der Waals surface area contributed by atoms with Gasteiger partial charge in [0.2, 0.25) is 5.91 Å². The smallest absolute Gasteiger partial charge is 0.238 e. The van der Waals surface area contributed by atoms with Crippen LogP contribution in [0, 0.1) is 0 Å². The van der Waals surface area contributed by atoms with Crippen LogP contribution in [0.25, 0.3) is 0 Å². The molecule has 21 heavy (non-hydrogen) atoms. The highest BCUT2D eigenvalue weighted by Gasteiger charge is 2.20. The molecule has 1 saturated heterocycles. The van der Waals surface area contributed by atoms with Crippen LogP contribution in [0.2, 0.25) is 15.1 Å². The van der Waals surface area contributed by atoms with E-state index in [0.29, 0.717) is 33.3 Å². The van der Waals surface area contributed by atoms with Crippen LogP contribution in [0.5, 0.6) is 0 Å². The highest BCUT2D eigenvalue weighted by atomic mass is 35.5. The number of carbonyl (C=O) groups is 1. The van der Waals surface area contributed by atoms with E-state index in [4.69, 9.17) is 34.8 Å². The number of hydrogen-bond acceptors (Lipinski definition) is 3.